The molecule has 202 valence electrons. The summed E-state index contributed by atoms with van der Waals surface area (Å²) in [4.78, 5) is 61.4. The SMILES string of the molecule is CN1C(=O)N2CCN(C(=O)[C@@H](COCc3ccccc3)NC(=O)C(C)(C)N)C[C@@]2(Cc2ccccn2)C1=O. The number of likely N-dealkylation sites (N-methyl/N-ethyl adjacent to an activating group) is 1. The van der Waals surface area contributed by atoms with Crippen molar-refractivity contribution >= 4 is 23.8 Å². The van der Waals surface area contributed by atoms with E-state index in [1.165, 1.54) is 16.8 Å². The Kier molecular flexibility index (Phi) is 7.79. The lowest BCUT2D eigenvalue weighted by Crippen LogP contribution is -2.67. The number of carbonyl (C=O) groups is 4. The summed E-state index contributed by atoms with van der Waals surface area (Å²) in [6.45, 7) is 3.60. The number of hydrogen-bond acceptors (Lipinski definition) is 7. The van der Waals surface area contributed by atoms with E-state index in [0.29, 0.717) is 5.69 Å². The van der Waals surface area contributed by atoms with E-state index in [2.05, 4.69) is 10.3 Å². The first-order chi connectivity index (χ1) is 18.0. The number of ether oxygens (including phenoxy) is 1. The van der Waals surface area contributed by atoms with Crippen LogP contribution < -0.4 is 11.1 Å². The van der Waals surface area contributed by atoms with E-state index < -0.39 is 40.9 Å². The van der Waals surface area contributed by atoms with Gasteiger partial charge in [0.1, 0.15) is 11.6 Å². The monoisotopic (exact) mass is 522 g/mol. The fourth-order valence-electron chi connectivity index (χ4n) is 4.78. The van der Waals surface area contributed by atoms with Crippen molar-refractivity contribution < 1.29 is 23.9 Å². The van der Waals surface area contributed by atoms with Crippen LogP contribution in [-0.2, 0) is 32.1 Å². The molecular formula is C27H34N6O5. The maximum Gasteiger partial charge on any atom is 0.327 e. The molecule has 2 aliphatic rings. The standard InChI is InChI=1S/C27H34N6O5/c1-26(2,28)23(35)30-21(17-38-16-19-9-5-4-6-10-19)22(34)32-13-14-33-25(37)31(3)24(36)27(33,18-32)15-20-11-7-8-12-29-20/h4-12,21H,13-18,28H2,1-3H3,(H,30,35)/t21-,27+/m1/s1. The Hall–Kier alpha value is -3.83. The topological polar surface area (TPSA) is 138 Å². The molecule has 3 heterocycles. The molecule has 2 saturated heterocycles. The van der Waals surface area contributed by atoms with Crippen LogP contribution in [0.25, 0.3) is 0 Å². The molecule has 2 atom stereocenters. The van der Waals surface area contributed by atoms with E-state index in [-0.39, 0.29) is 39.3 Å². The van der Waals surface area contributed by atoms with Gasteiger partial charge in [0.25, 0.3) is 5.91 Å². The van der Waals surface area contributed by atoms with Crippen LogP contribution in [0.4, 0.5) is 4.79 Å². The van der Waals surface area contributed by atoms with Gasteiger partial charge in [-0.1, -0.05) is 36.4 Å². The van der Waals surface area contributed by atoms with E-state index in [0.717, 1.165) is 10.5 Å². The van der Waals surface area contributed by atoms with Gasteiger partial charge in [-0.2, -0.15) is 0 Å². The first-order valence-corrected chi connectivity index (χ1v) is 12.5. The molecule has 0 unspecified atom stereocenters. The van der Waals surface area contributed by atoms with E-state index in [1.807, 2.05) is 36.4 Å². The van der Waals surface area contributed by atoms with Gasteiger partial charge >= 0.3 is 6.03 Å². The highest BCUT2D eigenvalue weighted by Gasteiger charge is 2.59. The van der Waals surface area contributed by atoms with Gasteiger partial charge in [-0.05, 0) is 31.5 Å². The van der Waals surface area contributed by atoms with Gasteiger partial charge < -0.3 is 25.6 Å². The summed E-state index contributed by atoms with van der Waals surface area (Å²) < 4.78 is 5.82. The van der Waals surface area contributed by atoms with Gasteiger partial charge in [0.15, 0.2) is 0 Å². The molecule has 4 rings (SSSR count). The summed E-state index contributed by atoms with van der Waals surface area (Å²) >= 11 is 0. The van der Waals surface area contributed by atoms with Crippen molar-refractivity contribution in [2.75, 3.05) is 33.3 Å². The van der Waals surface area contributed by atoms with Crippen molar-refractivity contribution in [1.82, 2.24) is 25.0 Å². The quantitative estimate of drug-likeness (QED) is 0.459. The number of rotatable bonds is 9. The van der Waals surface area contributed by atoms with E-state index in [1.54, 1.807) is 32.2 Å². The summed E-state index contributed by atoms with van der Waals surface area (Å²) in [6, 6.07) is 13.4. The van der Waals surface area contributed by atoms with Crippen LogP contribution in [-0.4, -0.2) is 93.8 Å². The number of nitrogens with one attached hydrogen (secondary N) is 1. The maximum absolute atomic E-state index is 13.8. The predicted octanol–water partition coefficient (Wildman–Crippen LogP) is 0.538. The first-order valence-electron chi connectivity index (χ1n) is 12.5. The highest BCUT2D eigenvalue weighted by molar-refractivity contribution is 6.07. The zero-order valence-corrected chi connectivity index (χ0v) is 21.9. The Labute approximate surface area is 221 Å². The Morgan fingerprint density at radius 2 is 1.84 bits per heavy atom. The minimum absolute atomic E-state index is 0.0333. The minimum atomic E-state index is -1.29. The molecule has 1 aromatic heterocycles. The number of urea groups is 1. The molecule has 0 saturated carbocycles. The molecule has 3 N–H and O–H groups in total. The van der Waals surface area contributed by atoms with Crippen LogP contribution in [0.5, 0.6) is 0 Å². The average molecular weight is 523 g/mol. The maximum atomic E-state index is 13.8. The summed E-state index contributed by atoms with van der Waals surface area (Å²) in [5.74, 6) is -1.31. The van der Waals surface area contributed by atoms with Crippen molar-refractivity contribution in [2.24, 2.45) is 5.73 Å². The lowest BCUT2D eigenvalue weighted by atomic mass is 9.88. The first kappa shape index (κ1) is 27.2. The average Bonchev–Trinajstić information content (AvgIpc) is 3.08. The van der Waals surface area contributed by atoms with Gasteiger partial charge in [0.05, 0.1) is 25.3 Å². The van der Waals surface area contributed by atoms with Crippen LogP contribution in [0.3, 0.4) is 0 Å². The number of aromatic nitrogens is 1. The molecule has 11 heteroatoms. The molecule has 0 radical (unpaired) electrons. The van der Waals surface area contributed by atoms with E-state index >= 15 is 0 Å². The number of amides is 5. The van der Waals surface area contributed by atoms with E-state index in [9.17, 15) is 19.2 Å². The molecule has 0 bridgehead atoms. The molecule has 5 amide bonds. The van der Waals surface area contributed by atoms with E-state index in [4.69, 9.17) is 10.5 Å². The zero-order chi connectivity index (χ0) is 27.5. The highest BCUT2D eigenvalue weighted by atomic mass is 16.5. The number of carbonyl (C=O) groups excluding carboxylic acids is 4. The summed E-state index contributed by atoms with van der Waals surface area (Å²) in [6.07, 6.45) is 1.78. The highest BCUT2D eigenvalue weighted by Crippen LogP contribution is 2.34. The lowest BCUT2D eigenvalue weighted by Gasteiger charge is -2.45. The van der Waals surface area contributed by atoms with Crippen LogP contribution in [0, 0.1) is 0 Å². The van der Waals surface area contributed by atoms with Crippen molar-refractivity contribution in [2.45, 2.75) is 44.0 Å². The number of nitrogens with zero attached hydrogens (tertiary/aromatic N) is 4. The number of benzene rings is 1. The third kappa shape index (κ3) is 5.53. The van der Waals surface area contributed by atoms with Gasteiger partial charge in [-0.15, -0.1) is 0 Å². The van der Waals surface area contributed by atoms with Crippen LogP contribution in [0.2, 0.25) is 0 Å². The molecule has 0 spiro atoms. The largest absolute Gasteiger partial charge is 0.374 e. The molecular weight excluding hydrogens is 488 g/mol. The molecule has 11 nitrogen and oxygen atoms in total. The van der Waals surface area contributed by atoms with Gasteiger partial charge in [0.2, 0.25) is 11.8 Å². The summed E-state index contributed by atoms with van der Waals surface area (Å²) in [5, 5.41) is 2.72. The molecule has 2 aromatic rings. The van der Waals surface area contributed by atoms with Gasteiger partial charge in [-0.3, -0.25) is 24.3 Å². The van der Waals surface area contributed by atoms with Crippen molar-refractivity contribution in [1.29, 1.82) is 0 Å². The molecule has 1 aromatic carbocycles. The molecule has 2 aliphatic heterocycles. The normalized spacial score (nSPS) is 20.4. The Morgan fingerprint density at radius 3 is 2.50 bits per heavy atom. The number of imide groups is 1. The fraction of sp³-hybridized carbons (Fsp3) is 0.444. The Balaban J connectivity index is 1.57. The third-order valence-corrected chi connectivity index (χ3v) is 6.88. The molecule has 38 heavy (non-hydrogen) atoms. The van der Waals surface area contributed by atoms with Crippen LogP contribution in [0.15, 0.2) is 54.7 Å². The second-order valence-corrected chi connectivity index (χ2v) is 10.3. The zero-order valence-electron chi connectivity index (χ0n) is 21.9. The number of pyridine rings is 1. The number of hydrogen-bond donors (Lipinski definition) is 2. The Morgan fingerprint density at radius 1 is 1.13 bits per heavy atom. The number of piperazine rings is 1. The number of fused-ring (bicyclic) bond motifs is 1. The predicted molar refractivity (Wildman–Crippen MR) is 138 cm³/mol. The minimum Gasteiger partial charge on any atom is -0.374 e. The van der Waals surface area contributed by atoms with Gasteiger partial charge in [0, 0.05) is 38.4 Å². The Bertz CT molecular complexity index is 1190. The van der Waals surface area contributed by atoms with Crippen molar-refractivity contribution in [3.8, 4) is 0 Å². The smallest absolute Gasteiger partial charge is 0.327 e. The third-order valence-electron chi connectivity index (χ3n) is 6.88. The molecule has 2 fully saturated rings. The second kappa shape index (κ2) is 10.9. The second-order valence-electron chi connectivity index (χ2n) is 10.3. The van der Waals surface area contributed by atoms with Crippen molar-refractivity contribution in [3.63, 3.8) is 0 Å². The number of nitrogens with two attached hydrogens (primary N) is 1. The molecule has 0 aliphatic carbocycles. The summed E-state index contributed by atoms with van der Waals surface area (Å²) in [7, 11) is 1.44. The van der Waals surface area contributed by atoms with Crippen LogP contribution >= 0.6 is 0 Å². The lowest BCUT2D eigenvalue weighted by molar-refractivity contribution is -0.146. The van der Waals surface area contributed by atoms with Gasteiger partial charge in [-0.25, -0.2) is 4.79 Å². The fourth-order valence-corrected chi connectivity index (χ4v) is 4.78. The summed E-state index contributed by atoms with van der Waals surface area (Å²) in [5.41, 5.74) is 5.02. The van der Waals surface area contributed by atoms with Crippen LogP contribution in [0.1, 0.15) is 25.1 Å². The van der Waals surface area contributed by atoms with Crippen molar-refractivity contribution in [3.05, 3.63) is 66.0 Å².